The van der Waals surface area contributed by atoms with Gasteiger partial charge >= 0.3 is 0 Å². The number of anilines is 2. The van der Waals surface area contributed by atoms with Crippen molar-refractivity contribution in [2.75, 3.05) is 11.1 Å². The number of rotatable bonds is 5. The second-order valence-electron chi connectivity index (χ2n) is 7.92. The van der Waals surface area contributed by atoms with E-state index >= 15 is 0 Å². The lowest BCUT2D eigenvalue weighted by atomic mass is 9.99. The van der Waals surface area contributed by atoms with Gasteiger partial charge in [0.25, 0.3) is 5.91 Å². The Bertz CT molecular complexity index is 1490. The second kappa shape index (κ2) is 9.29. The highest BCUT2D eigenvalue weighted by Crippen LogP contribution is 2.41. The summed E-state index contributed by atoms with van der Waals surface area (Å²) in [5.74, 6) is -0.232. The Labute approximate surface area is 207 Å². The average molecular weight is 484 g/mol. The van der Waals surface area contributed by atoms with Gasteiger partial charge in [-0.15, -0.1) is 11.3 Å². The number of halogens is 1. The van der Waals surface area contributed by atoms with Gasteiger partial charge in [-0.1, -0.05) is 79.2 Å². The van der Waals surface area contributed by atoms with E-state index in [2.05, 4.69) is 12.2 Å². The molecule has 0 radical (unpaired) electrons. The largest absolute Gasteiger partial charge is 0.397 e. The fourth-order valence-corrected chi connectivity index (χ4v) is 5.17. The molecule has 0 saturated carbocycles. The summed E-state index contributed by atoms with van der Waals surface area (Å²) < 4.78 is 0. The maximum Gasteiger partial charge on any atom is 0.267 e. The molecule has 6 heteroatoms. The summed E-state index contributed by atoms with van der Waals surface area (Å²) in [5.41, 5.74) is 12.6. The monoisotopic (exact) mass is 483 g/mol. The van der Waals surface area contributed by atoms with E-state index in [1.165, 1.54) is 11.3 Å². The normalized spacial score (nSPS) is 11.0. The van der Waals surface area contributed by atoms with Gasteiger partial charge in [0.15, 0.2) is 0 Å². The molecule has 0 fully saturated rings. The molecule has 0 aliphatic rings. The summed E-state index contributed by atoms with van der Waals surface area (Å²) in [7, 11) is 0. The van der Waals surface area contributed by atoms with E-state index in [9.17, 15) is 4.79 Å². The van der Waals surface area contributed by atoms with Crippen molar-refractivity contribution in [1.29, 1.82) is 0 Å². The minimum absolute atomic E-state index is 0.232. The summed E-state index contributed by atoms with van der Waals surface area (Å²) in [6.45, 7) is 2.06. The van der Waals surface area contributed by atoms with E-state index in [1.54, 1.807) is 0 Å². The highest BCUT2D eigenvalue weighted by atomic mass is 35.5. The number of hydrogen-bond donors (Lipinski definition) is 2. The fourth-order valence-electron chi connectivity index (χ4n) is 4.03. The number of nitrogens with one attached hydrogen (secondary N) is 1. The number of nitrogens with two attached hydrogens (primary N) is 1. The number of hydrogen-bond acceptors (Lipinski definition) is 4. The first-order chi connectivity index (χ1) is 16.5. The van der Waals surface area contributed by atoms with E-state index in [-0.39, 0.29) is 5.91 Å². The molecule has 0 bridgehead atoms. The number of para-hydroxylation sites is 1. The van der Waals surface area contributed by atoms with E-state index in [1.807, 2.05) is 84.9 Å². The zero-order valence-electron chi connectivity index (χ0n) is 18.5. The molecular weight excluding hydrogens is 462 g/mol. The van der Waals surface area contributed by atoms with Gasteiger partial charge in [-0.25, -0.2) is 4.98 Å². The molecule has 1 amide bonds. The number of aromatic nitrogens is 1. The maximum atomic E-state index is 13.3. The number of aryl methyl sites for hydroxylation is 1. The molecule has 5 rings (SSSR count). The molecule has 2 heterocycles. The molecule has 0 aliphatic heterocycles. The molecular formula is C28H22ClN3OS. The van der Waals surface area contributed by atoms with E-state index in [4.69, 9.17) is 22.3 Å². The quantitative estimate of drug-likeness (QED) is 0.269. The second-order valence-corrected chi connectivity index (χ2v) is 9.35. The van der Waals surface area contributed by atoms with Crippen LogP contribution in [0.3, 0.4) is 0 Å². The third-order valence-corrected chi connectivity index (χ3v) is 7.13. The van der Waals surface area contributed by atoms with Crippen LogP contribution in [-0.4, -0.2) is 10.9 Å². The van der Waals surface area contributed by atoms with E-state index in [0.717, 1.165) is 50.3 Å². The number of amides is 1. The van der Waals surface area contributed by atoms with Gasteiger partial charge in [0.1, 0.15) is 9.71 Å². The van der Waals surface area contributed by atoms with Crippen LogP contribution >= 0.6 is 22.9 Å². The van der Waals surface area contributed by atoms with Gasteiger partial charge in [0.05, 0.1) is 11.4 Å². The topological polar surface area (TPSA) is 68.0 Å². The van der Waals surface area contributed by atoms with E-state index < -0.39 is 0 Å². The predicted molar refractivity (Wildman–Crippen MR) is 144 cm³/mol. The minimum atomic E-state index is -0.232. The van der Waals surface area contributed by atoms with Crippen molar-refractivity contribution < 1.29 is 4.79 Å². The van der Waals surface area contributed by atoms with Crippen molar-refractivity contribution in [1.82, 2.24) is 4.98 Å². The van der Waals surface area contributed by atoms with Gasteiger partial charge in [0.2, 0.25) is 0 Å². The van der Waals surface area contributed by atoms with Crippen molar-refractivity contribution in [2.45, 2.75) is 13.3 Å². The zero-order valence-corrected chi connectivity index (χ0v) is 20.1. The van der Waals surface area contributed by atoms with Gasteiger partial charge in [-0.3, -0.25) is 4.79 Å². The molecule has 168 valence electrons. The molecule has 0 aliphatic carbocycles. The Morgan fingerprint density at radius 2 is 1.68 bits per heavy atom. The predicted octanol–water partition coefficient (Wildman–Crippen LogP) is 7.68. The maximum absolute atomic E-state index is 13.3. The van der Waals surface area contributed by atoms with Crippen molar-refractivity contribution in [3.63, 3.8) is 0 Å². The van der Waals surface area contributed by atoms with Crippen LogP contribution in [0.5, 0.6) is 0 Å². The number of fused-ring (bicyclic) bond motifs is 1. The average Bonchev–Trinajstić information content (AvgIpc) is 3.21. The molecule has 4 nitrogen and oxygen atoms in total. The van der Waals surface area contributed by atoms with Crippen LogP contribution in [-0.2, 0) is 6.42 Å². The third kappa shape index (κ3) is 4.16. The van der Waals surface area contributed by atoms with Gasteiger partial charge < -0.3 is 11.1 Å². The molecule has 0 saturated heterocycles. The van der Waals surface area contributed by atoms with Crippen LogP contribution in [0.25, 0.3) is 32.6 Å². The van der Waals surface area contributed by atoms with Gasteiger partial charge in [-0.2, -0.15) is 0 Å². The lowest BCUT2D eigenvalue weighted by Gasteiger charge is -2.10. The van der Waals surface area contributed by atoms with Crippen molar-refractivity contribution >= 4 is 50.4 Å². The Balaban J connectivity index is 1.67. The molecule has 0 spiro atoms. The Morgan fingerprint density at radius 1 is 0.971 bits per heavy atom. The zero-order chi connectivity index (χ0) is 23.7. The molecule has 0 unspecified atom stereocenters. The fraction of sp³-hybridized carbons (Fsp3) is 0.0714. The first kappa shape index (κ1) is 22.1. The number of nitrogen functional groups attached to an aromatic ring is 1. The van der Waals surface area contributed by atoms with Crippen molar-refractivity contribution in [2.24, 2.45) is 0 Å². The summed E-state index contributed by atoms with van der Waals surface area (Å²) >= 11 is 7.45. The molecule has 34 heavy (non-hydrogen) atoms. The van der Waals surface area contributed by atoms with Crippen LogP contribution in [0, 0.1) is 0 Å². The third-order valence-electron chi connectivity index (χ3n) is 5.78. The molecule has 2 aromatic heterocycles. The number of carbonyl (C=O) groups excluding carboxylic acids is 1. The summed E-state index contributed by atoms with van der Waals surface area (Å²) in [4.78, 5) is 19.4. The standard InChI is InChI=1S/C28H22ClN3OS/c1-2-17-8-6-7-11-22(17)31-27(33)26-25(30)24-21(18-12-14-20(29)15-13-18)16-23(32-28(24)34-26)19-9-4-3-5-10-19/h3-16H,2,30H2,1H3,(H,31,33). The number of pyridine rings is 1. The Kier molecular flexibility index (Phi) is 6.05. The van der Waals surface area contributed by atoms with Gasteiger partial charge in [-0.05, 0) is 47.4 Å². The Morgan fingerprint density at radius 3 is 2.41 bits per heavy atom. The highest BCUT2D eigenvalue weighted by Gasteiger charge is 2.22. The first-order valence-corrected chi connectivity index (χ1v) is 12.2. The van der Waals surface area contributed by atoms with E-state index in [0.29, 0.717) is 15.6 Å². The first-order valence-electron chi connectivity index (χ1n) is 11.0. The van der Waals surface area contributed by atoms with Crippen molar-refractivity contribution in [3.05, 3.63) is 100 Å². The van der Waals surface area contributed by atoms with Crippen LogP contribution in [0.15, 0.2) is 84.9 Å². The van der Waals surface area contributed by atoms with Crippen molar-refractivity contribution in [3.8, 4) is 22.4 Å². The van der Waals surface area contributed by atoms with Crippen LogP contribution in [0.4, 0.5) is 11.4 Å². The molecule has 5 aromatic rings. The Hall–Kier alpha value is -3.67. The molecule has 3 N–H and O–H groups in total. The summed E-state index contributed by atoms with van der Waals surface area (Å²) in [6, 6.07) is 27.4. The summed E-state index contributed by atoms with van der Waals surface area (Å²) in [5, 5.41) is 4.48. The number of thiophene rings is 1. The lowest BCUT2D eigenvalue weighted by molar-refractivity contribution is 0.103. The highest BCUT2D eigenvalue weighted by molar-refractivity contribution is 7.21. The van der Waals surface area contributed by atoms with Crippen LogP contribution < -0.4 is 11.1 Å². The van der Waals surface area contributed by atoms with Crippen LogP contribution in [0.2, 0.25) is 5.02 Å². The lowest BCUT2D eigenvalue weighted by Crippen LogP contribution is -2.13. The number of benzene rings is 3. The van der Waals surface area contributed by atoms with Crippen LogP contribution in [0.1, 0.15) is 22.2 Å². The smallest absolute Gasteiger partial charge is 0.267 e. The summed E-state index contributed by atoms with van der Waals surface area (Å²) in [6.07, 6.45) is 0.820. The van der Waals surface area contributed by atoms with Gasteiger partial charge in [0, 0.05) is 21.7 Å². The minimum Gasteiger partial charge on any atom is -0.397 e. The molecule has 3 aromatic carbocycles. The number of nitrogens with zero attached hydrogens (tertiary/aromatic N) is 1. The number of carbonyl (C=O) groups is 1. The molecule has 0 atom stereocenters. The SMILES string of the molecule is CCc1ccccc1NC(=O)c1sc2nc(-c3ccccc3)cc(-c3ccc(Cl)cc3)c2c1N.